The van der Waals surface area contributed by atoms with Gasteiger partial charge in [0.1, 0.15) is 7.11 Å². The van der Waals surface area contributed by atoms with Gasteiger partial charge in [0.25, 0.3) is 0 Å². The second-order valence-electron chi connectivity index (χ2n) is 2.80. The van der Waals surface area contributed by atoms with E-state index in [9.17, 15) is 4.79 Å². The first-order valence-corrected chi connectivity index (χ1v) is 4.50. The molecule has 0 bridgehead atoms. The number of rotatable bonds is 3. The van der Waals surface area contributed by atoms with Crippen LogP contribution in [0.5, 0.6) is 0 Å². The zero-order valence-corrected chi connectivity index (χ0v) is 9.06. The lowest BCUT2D eigenvalue weighted by Crippen LogP contribution is -2.18. The van der Waals surface area contributed by atoms with Gasteiger partial charge in [-0.3, -0.25) is 0 Å². The van der Waals surface area contributed by atoms with Crippen LogP contribution in [-0.2, 0) is 14.4 Å². The van der Waals surface area contributed by atoms with Crippen LogP contribution in [0.15, 0.2) is 29.4 Å². The van der Waals surface area contributed by atoms with Crippen molar-refractivity contribution in [1.29, 1.82) is 0 Å². The maximum atomic E-state index is 11.5. The molecule has 1 aromatic rings. The maximum absolute atomic E-state index is 11.5. The van der Waals surface area contributed by atoms with Crippen LogP contribution < -0.4 is 0 Å². The SMILES string of the molecule is C#Cc1ccccc1/C(=N\OC)C(=O)OC. The molecular weight excluding hydrogens is 206 g/mol. The molecule has 82 valence electrons. The molecule has 16 heavy (non-hydrogen) atoms. The fourth-order valence-corrected chi connectivity index (χ4v) is 1.20. The molecule has 0 amide bonds. The normalized spacial score (nSPS) is 10.4. The van der Waals surface area contributed by atoms with Crippen LogP contribution in [0.4, 0.5) is 0 Å². The molecule has 0 saturated heterocycles. The van der Waals surface area contributed by atoms with Gasteiger partial charge < -0.3 is 9.57 Å². The average molecular weight is 217 g/mol. The topological polar surface area (TPSA) is 47.9 Å². The Labute approximate surface area is 93.9 Å². The minimum atomic E-state index is -0.593. The Bertz CT molecular complexity index is 458. The van der Waals surface area contributed by atoms with Crippen molar-refractivity contribution in [2.24, 2.45) is 5.16 Å². The van der Waals surface area contributed by atoms with E-state index >= 15 is 0 Å². The summed E-state index contributed by atoms with van der Waals surface area (Å²) in [6.07, 6.45) is 5.33. The van der Waals surface area contributed by atoms with Crippen molar-refractivity contribution < 1.29 is 14.4 Å². The number of terminal acetylenes is 1. The number of nitrogens with zero attached hydrogens (tertiary/aromatic N) is 1. The van der Waals surface area contributed by atoms with Gasteiger partial charge in [-0.05, 0) is 6.07 Å². The Balaban J connectivity index is 3.28. The third kappa shape index (κ3) is 2.39. The Hall–Kier alpha value is -2.28. The monoisotopic (exact) mass is 217 g/mol. The molecule has 0 aromatic heterocycles. The number of ether oxygens (including phenoxy) is 1. The summed E-state index contributed by atoms with van der Waals surface area (Å²) in [6, 6.07) is 6.93. The summed E-state index contributed by atoms with van der Waals surface area (Å²) in [7, 11) is 2.62. The van der Waals surface area contributed by atoms with E-state index in [-0.39, 0.29) is 5.71 Å². The Morgan fingerprint density at radius 3 is 2.62 bits per heavy atom. The molecule has 4 heteroatoms. The summed E-state index contributed by atoms with van der Waals surface area (Å²) in [5.74, 6) is 1.88. The van der Waals surface area contributed by atoms with E-state index in [1.54, 1.807) is 24.3 Å². The Morgan fingerprint density at radius 2 is 2.06 bits per heavy atom. The number of hydrogen-bond donors (Lipinski definition) is 0. The van der Waals surface area contributed by atoms with Gasteiger partial charge in [-0.2, -0.15) is 0 Å². The predicted molar refractivity (Wildman–Crippen MR) is 59.9 cm³/mol. The van der Waals surface area contributed by atoms with Crippen molar-refractivity contribution in [3.05, 3.63) is 35.4 Å². The van der Waals surface area contributed by atoms with Gasteiger partial charge in [0.15, 0.2) is 5.71 Å². The molecule has 0 atom stereocenters. The van der Waals surface area contributed by atoms with Crippen molar-refractivity contribution in [2.75, 3.05) is 14.2 Å². The lowest BCUT2D eigenvalue weighted by atomic mass is 10.0. The van der Waals surface area contributed by atoms with Crippen molar-refractivity contribution >= 4 is 11.7 Å². The van der Waals surface area contributed by atoms with Crippen LogP contribution in [0.2, 0.25) is 0 Å². The van der Waals surface area contributed by atoms with Gasteiger partial charge in [-0.15, -0.1) is 6.42 Å². The van der Waals surface area contributed by atoms with Crippen LogP contribution in [0.1, 0.15) is 11.1 Å². The summed E-state index contributed by atoms with van der Waals surface area (Å²) in [4.78, 5) is 16.1. The molecule has 0 heterocycles. The van der Waals surface area contributed by atoms with E-state index in [1.807, 2.05) is 0 Å². The molecule has 0 aliphatic carbocycles. The number of esters is 1. The Morgan fingerprint density at radius 1 is 1.38 bits per heavy atom. The molecule has 1 aromatic carbocycles. The smallest absolute Gasteiger partial charge is 0.360 e. The molecular formula is C12H11NO3. The first-order chi connectivity index (χ1) is 7.74. The van der Waals surface area contributed by atoms with Gasteiger partial charge in [-0.25, -0.2) is 4.79 Å². The zero-order valence-electron chi connectivity index (χ0n) is 9.06. The first kappa shape index (κ1) is 11.8. The Kier molecular flexibility index (Phi) is 4.10. The number of methoxy groups -OCH3 is 1. The molecule has 0 spiro atoms. The van der Waals surface area contributed by atoms with Crippen molar-refractivity contribution in [2.45, 2.75) is 0 Å². The lowest BCUT2D eigenvalue weighted by molar-refractivity contribution is -0.132. The highest BCUT2D eigenvalue weighted by molar-refractivity contribution is 6.43. The van der Waals surface area contributed by atoms with E-state index < -0.39 is 5.97 Å². The van der Waals surface area contributed by atoms with E-state index in [0.29, 0.717) is 11.1 Å². The number of oxime groups is 1. The second kappa shape index (κ2) is 5.56. The minimum absolute atomic E-state index is 0.0542. The van der Waals surface area contributed by atoms with E-state index in [1.165, 1.54) is 14.2 Å². The first-order valence-electron chi connectivity index (χ1n) is 4.50. The molecule has 0 unspecified atom stereocenters. The highest BCUT2D eigenvalue weighted by Gasteiger charge is 2.17. The van der Waals surface area contributed by atoms with Crippen molar-refractivity contribution in [3.63, 3.8) is 0 Å². The van der Waals surface area contributed by atoms with E-state index in [2.05, 4.69) is 20.7 Å². The minimum Gasteiger partial charge on any atom is -0.464 e. The predicted octanol–water partition coefficient (Wildman–Crippen LogP) is 1.19. The van der Waals surface area contributed by atoms with Gasteiger partial charge in [0.05, 0.1) is 7.11 Å². The number of benzene rings is 1. The van der Waals surface area contributed by atoms with Crippen molar-refractivity contribution in [1.82, 2.24) is 0 Å². The molecule has 0 radical (unpaired) electrons. The quantitative estimate of drug-likeness (QED) is 0.331. The number of carbonyl (C=O) groups is 1. The van der Waals surface area contributed by atoms with Crippen LogP contribution >= 0.6 is 0 Å². The van der Waals surface area contributed by atoms with E-state index in [4.69, 9.17) is 6.42 Å². The molecule has 1 rings (SSSR count). The number of hydrogen-bond acceptors (Lipinski definition) is 4. The van der Waals surface area contributed by atoms with Gasteiger partial charge >= 0.3 is 5.97 Å². The van der Waals surface area contributed by atoms with Crippen LogP contribution in [-0.4, -0.2) is 25.9 Å². The molecule has 4 nitrogen and oxygen atoms in total. The van der Waals surface area contributed by atoms with Gasteiger partial charge in [0.2, 0.25) is 0 Å². The summed E-state index contributed by atoms with van der Waals surface area (Å²) in [6.45, 7) is 0. The fraction of sp³-hybridized carbons (Fsp3) is 0.167. The summed E-state index contributed by atoms with van der Waals surface area (Å²) < 4.78 is 4.60. The largest absolute Gasteiger partial charge is 0.464 e. The second-order valence-corrected chi connectivity index (χ2v) is 2.80. The third-order valence-electron chi connectivity index (χ3n) is 1.90. The molecule has 0 saturated carbocycles. The fourth-order valence-electron chi connectivity index (χ4n) is 1.20. The third-order valence-corrected chi connectivity index (χ3v) is 1.90. The standard InChI is InChI=1S/C12H11NO3/c1-4-9-7-5-6-8-10(9)11(13-16-3)12(14)15-2/h1,5-8H,2-3H3/b13-11+. The van der Waals surface area contributed by atoms with Crippen molar-refractivity contribution in [3.8, 4) is 12.3 Å². The van der Waals surface area contributed by atoms with Crippen LogP contribution in [0.3, 0.4) is 0 Å². The van der Waals surface area contributed by atoms with Gasteiger partial charge in [0, 0.05) is 11.1 Å². The summed E-state index contributed by atoms with van der Waals surface area (Å²) in [5.41, 5.74) is 1.13. The maximum Gasteiger partial charge on any atom is 0.360 e. The molecule has 0 aliphatic rings. The average Bonchev–Trinajstić information content (AvgIpc) is 2.35. The molecule has 0 aliphatic heterocycles. The molecule has 0 N–H and O–H groups in total. The lowest BCUT2D eigenvalue weighted by Gasteiger charge is -2.05. The highest BCUT2D eigenvalue weighted by atomic mass is 16.6. The van der Waals surface area contributed by atoms with E-state index in [0.717, 1.165) is 0 Å². The summed E-state index contributed by atoms with van der Waals surface area (Å²) >= 11 is 0. The highest BCUT2D eigenvalue weighted by Crippen LogP contribution is 2.10. The van der Waals surface area contributed by atoms with Crippen LogP contribution in [0.25, 0.3) is 0 Å². The number of carbonyl (C=O) groups excluding carboxylic acids is 1. The zero-order chi connectivity index (χ0) is 12.0. The van der Waals surface area contributed by atoms with Crippen LogP contribution in [0, 0.1) is 12.3 Å². The van der Waals surface area contributed by atoms with Gasteiger partial charge in [-0.1, -0.05) is 29.3 Å². The summed E-state index contributed by atoms with van der Waals surface area (Å²) in [5, 5.41) is 3.62. The molecule has 0 fully saturated rings.